The Bertz CT molecular complexity index is 856. The Morgan fingerprint density at radius 2 is 1.85 bits per heavy atom. The molecular weight excluding hydrogens is 438 g/mol. The zero-order valence-corrected chi connectivity index (χ0v) is 21.6. The number of aliphatic hydroxyl groups excluding tert-OH is 1. The second-order valence-corrected chi connectivity index (χ2v) is 11.0. The first-order valence-corrected chi connectivity index (χ1v) is 12.4. The third-order valence-corrected chi connectivity index (χ3v) is 7.16. The molecule has 8 nitrogen and oxygen atoms in total. The molecule has 1 spiro atoms. The summed E-state index contributed by atoms with van der Waals surface area (Å²) < 4.78 is 24.8. The van der Waals surface area contributed by atoms with E-state index in [2.05, 4.69) is 13.8 Å². The molecule has 1 N–H and O–H groups in total. The molecule has 1 aromatic heterocycles. The van der Waals surface area contributed by atoms with Crippen LogP contribution in [0.25, 0.3) is 0 Å². The summed E-state index contributed by atoms with van der Waals surface area (Å²) in [6, 6.07) is 3.46. The number of esters is 1. The number of carbonyl (C=O) groups excluding carboxylic acids is 2. The van der Waals surface area contributed by atoms with E-state index < -0.39 is 23.6 Å². The average molecular weight is 480 g/mol. The van der Waals surface area contributed by atoms with Gasteiger partial charge in [0.15, 0.2) is 5.79 Å². The molecular formula is C26H41NO7. The lowest BCUT2D eigenvalue weighted by Crippen LogP contribution is -2.54. The maximum Gasteiger partial charge on any atom is 0.418 e. The zero-order chi connectivity index (χ0) is 25.3. The summed E-state index contributed by atoms with van der Waals surface area (Å²) in [6.07, 6.45) is 3.06. The molecule has 0 aromatic carbocycles. The van der Waals surface area contributed by atoms with Crippen LogP contribution in [0.3, 0.4) is 0 Å². The van der Waals surface area contributed by atoms with E-state index in [1.807, 2.05) is 27.7 Å². The molecule has 0 radical (unpaired) electrons. The average Bonchev–Trinajstić information content (AvgIpc) is 3.26. The molecule has 0 unspecified atom stereocenters. The summed E-state index contributed by atoms with van der Waals surface area (Å²) >= 11 is 0. The van der Waals surface area contributed by atoms with Gasteiger partial charge in [0, 0.05) is 25.0 Å². The SMILES string of the molecule is COC(=O)C[C@@H]1O[C@]2(CC[C@H](C)[C@H]([C@@H](C)[C@H](O)c3cccn3C(=O)OC(C)(C)C)O2)CC[C@@H]1C. The van der Waals surface area contributed by atoms with E-state index in [0.29, 0.717) is 5.69 Å². The van der Waals surface area contributed by atoms with Gasteiger partial charge in [0.25, 0.3) is 0 Å². The van der Waals surface area contributed by atoms with Crippen LogP contribution in [0.15, 0.2) is 18.3 Å². The van der Waals surface area contributed by atoms with Crippen molar-refractivity contribution in [2.75, 3.05) is 7.11 Å². The minimum Gasteiger partial charge on any atom is -0.469 e. The van der Waals surface area contributed by atoms with Crippen LogP contribution in [-0.4, -0.2) is 52.4 Å². The van der Waals surface area contributed by atoms with Gasteiger partial charge in [0.1, 0.15) is 5.60 Å². The van der Waals surface area contributed by atoms with Crippen LogP contribution in [0.1, 0.15) is 85.4 Å². The van der Waals surface area contributed by atoms with Gasteiger partial charge in [-0.15, -0.1) is 0 Å². The van der Waals surface area contributed by atoms with Gasteiger partial charge in [-0.05, 0) is 57.6 Å². The number of carbonyl (C=O) groups is 2. The summed E-state index contributed by atoms with van der Waals surface area (Å²) in [5.74, 6) is -0.941. The van der Waals surface area contributed by atoms with Gasteiger partial charge < -0.3 is 24.1 Å². The minimum absolute atomic E-state index is 0.197. The highest BCUT2D eigenvalue weighted by atomic mass is 16.7. The second kappa shape index (κ2) is 10.4. The van der Waals surface area contributed by atoms with Crippen LogP contribution in [0.4, 0.5) is 4.79 Å². The van der Waals surface area contributed by atoms with Gasteiger partial charge in [0.05, 0.1) is 37.5 Å². The Kier molecular flexibility index (Phi) is 8.15. The van der Waals surface area contributed by atoms with Gasteiger partial charge in [0.2, 0.25) is 0 Å². The number of hydrogen-bond donors (Lipinski definition) is 1. The fourth-order valence-electron chi connectivity index (χ4n) is 5.07. The highest BCUT2D eigenvalue weighted by Gasteiger charge is 2.49. The number of aliphatic hydroxyl groups is 1. The van der Waals surface area contributed by atoms with E-state index in [9.17, 15) is 14.7 Å². The van der Waals surface area contributed by atoms with Crippen molar-refractivity contribution in [3.8, 4) is 0 Å². The van der Waals surface area contributed by atoms with Crippen molar-refractivity contribution < 1.29 is 33.6 Å². The van der Waals surface area contributed by atoms with Crippen LogP contribution >= 0.6 is 0 Å². The topological polar surface area (TPSA) is 96.2 Å². The van der Waals surface area contributed by atoms with Crippen molar-refractivity contribution in [3.05, 3.63) is 24.0 Å². The molecule has 3 heterocycles. The molecule has 2 aliphatic rings. The van der Waals surface area contributed by atoms with Crippen LogP contribution < -0.4 is 0 Å². The Hall–Kier alpha value is -1.90. The zero-order valence-electron chi connectivity index (χ0n) is 21.6. The van der Waals surface area contributed by atoms with Crippen molar-refractivity contribution >= 4 is 12.1 Å². The van der Waals surface area contributed by atoms with Crippen molar-refractivity contribution in [1.82, 2.24) is 4.57 Å². The van der Waals surface area contributed by atoms with E-state index >= 15 is 0 Å². The normalized spacial score (nSPS) is 31.6. The molecule has 7 atom stereocenters. The Labute approximate surface area is 202 Å². The predicted molar refractivity (Wildman–Crippen MR) is 126 cm³/mol. The lowest BCUT2D eigenvalue weighted by atomic mass is 9.79. The predicted octanol–water partition coefficient (Wildman–Crippen LogP) is 4.83. The first-order chi connectivity index (χ1) is 15.9. The first-order valence-electron chi connectivity index (χ1n) is 12.4. The fourth-order valence-corrected chi connectivity index (χ4v) is 5.07. The van der Waals surface area contributed by atoms with Gasteiger partial charge in [-0.25, -0.2) is 4.79 Å². The number of rotatable bonds is 5. The molecule has 0 aliphatic carbocycles. The summed E-state index contributed by atoms with van der Waals surface area (Å²) in [4.78, 5) is 24.6. The van der Waals surface area contributed by atoms with Crippen LogP contribution in [0.2, 0.25) is 0 Å². The number of methoxy groups -OCH3 is 1. The van der Waals surface area contributed by atoms with E-state index in [4.69, 9.17) is 18.9 Å². The third-order valence-electron chi connectivity index (χ3n) is 7.16. The van der Waals surface area contributed by atoms with Gasteiger partial charge >= 0.3 is 12.1 Å². The highest BCUT2D eigenvalue weighted by Crippen LogP contribution is 2.46. The van der Waals surface area contributed by atoms with Crippen molar-refractivity contribution in [2.45, 2.75) is 103 Å². The monoisotopic (exact) mass is 479 g/mol. The summed E-state index contributed by atoms with van der Waals surface area (Å²) in [5.41, 5.74) is -0.169. The molecule has 34 heavy (non-hydrogen) atoms. The highest BCUT2D eigenvalue weighted by molar-refractivity contribution is 5.72. The standard InChI is InChI=1S/C26H41NO7/c1-16-10-12-26(32-20(16)15-21(28)31-7)13-11-17(2)23(33-26)18(3)22(29)19-9-8-14-27(19)24(30)34-25(4,5)6/h8-9,14,16-18,20,22-23,29H,10-13,15H2,1-7H3/t16-,17-,18-,20-,22-,23+,26+/m0/s1. The minimum atomic E-state index is -0.932. The molecule has 0 amide bonds. The quantitative estimate of drug-likeness (QED) is 0.604. The number of aromatic nitrogens is 1. The Morgan fingerprint density at radius 1 is 1.21 bits per heavy atom. The Balaban J connectivity index is 1.76. The van der Waals surface area contributed by atoms with Crippen molar-refractivity contribution in [1.29, 1.82) is 0 Å². The largest absolute Gasteiger partial charge is 0.469 e. The maximum atomic E-state index is 12.7. The van der Waals surface area contributed by atoms with Crippen LogP contribution in [0, 0.1) is 17.8 Å². The molecule has 3 rings (SSSR count). The van der Waals surface area contributed by atoms with Gasteiger partial charge in [-0.1, -0.05) is 20.8 Å². The van der Waals surface area contributed by atoms with Crippen molar-refractivity contribution in [2.24, 2.45) is 17.8 Å². The first kappa shape index (κ1) is 26.7. The lowest BCUT2D eigenvalue weighted by molar-refractivity contribution is -0.339. The number of ether oxygens (including phenoxy) is 4. The third kappa shape index (κ3) is 6.01. The lowest BCUT2D eigenvalue weighted by Gasteiger charge is -2.51. The van der Waals surface area contributed by atoms with Crippen LogP contribution in [0.5, 0.6) is 0 Å². The van der Waals surface area contributed by atoms with Gasteiger partial charge in [-0.3, -0.25) is 9.36 Å². The van der Waals surface area contributed by atoms with E-state index in [0.717, 1.165) is 25.7 Å². The molecule has 8 heteroatoms. The molecule has 0 bridgehead atoms. The summed E-state index contributed by atoms with van der Waals surface area (Å²) in [5, 5.41) is 11.3. The van der Waals surface area contributed by atoms with Crippen LogP contribution in [-0.2, 0) is 23.7 Å². The van der Waals surface area contributed by atoms with Gasteiger partial charge in [-0.2, -0.15) is 0 Å². The number of nitrogens with zero attached hydrogens (tertiary/aromatic N) is 1. The smallest absolute Gasteiger partial charge is 0.418 e. The maximum absolute atomic E-state index is 12.7. The molecule has 192 valence electrons. The number of hydrogen-bond acceptors (Lipinski definition) is 7. The summed E-state index contributed by atoms with van der Waals surface area (Å²) in [6.45, 7) is 11.6. The van der Waals surface area contributed by atoms with Crippen molar-refractivity contribution in [3.63, 3.8) is 0 Å². The molecule has 1 aromatic rings. The Morgan fingerprint density at radius 3 is 2.47 bits per heavy atom. The van der Waals surface area contributed by atoms with E-state index in [1.54, 1.807) is 18.3 Å². The van der Waals surface area contributed by atoms with E-state index in [1.165, 1.54) is 11.7 Å². The fraction of sp³-hybridized carbons (Fsp3) is 0.769. The second-order valence-electron chi connectivity index (χ2n) is 11.0. The molecule has 2 fully saturated rings. The molecule has 2 saturated heterocycles. The molecule has 2 aliphatic heterocycles. The molecule has 0 saturated carbocycles. The van der Waals surface area contributed by atoms with E-state index in [-0.39, 0.29) is 42.4 Å². The summed E-state index contributed by atoms with van der Waals surface area (Å²) in [7, 11) is 1.39.